The Morgan fingerprint density at radius 3 is 3.05 bits per heavy atom. The lowest BCUT2D eigenvalue weighted by Crippen LogP contribution is -2.24. The van der Waals surface area contributed by atoms with Gasteiger partial charge in [-0.1, -0.05) is 30.7 Å². The maximum atomic E-state index is 13.6. The van der Waals surface area contributed by atoms with E-state index in [1.54, 1.807) is 6.07 Å². The second kappa shape index (κ2) is 7.96. The highest BCUT2D eigenvalue weighted by Crippen LogP contribution is 2.30. The van der Waals surface area contributed by atoms with Crippen molar-refractivity contribution < 1.29 is 9.13 Å². The Balaban J connectivity index is 2.03. The summed E-state index contributed by atoms with van der Waals surface area (Å²) in [7, 11) is 0. The number of nitrogens with one attached hydrogen (secondary N) is 1. The van der Waals surface area contributed by atoms with E-state index in [2.05, 4.69) is 12.2 Å². The van der Waals surface area contributed by atoms with E-state index in [1.165, 1.54) is 6.07 Å². The molecule has 1 aromatic rings. The van der Waals surface area contributed by atoms with Crippen molar-refractivity contribution in [2.75, 3.05) is 13.2 Å². The zero-order valence-corrected chi connectivity index (χ0v) is 12.8. The second-order valence-corrected chi connectivity index (χ2v) is 5.74. The van der Waals surface area contributed by atoms with Crippen molar-refractivity contribution in [1.82, 2.24) is 5.32 Å². The summed E-state index contributed by atoms with van der Waals surface area (Å²) in [4.78, 5) is 0. The summed E-state index contributed by atoms with van der Waals surface area (Å²) < 4.78 is 19.3. The van der Waals surface area contributed by atoms with Crippen molar-refractivity contribution in [3.8, 4) is 0 Å². The Labute approximate surface area is 125 Å². The van der Waals surface area contributed by atoms with Gasteiger partial charge in [-0.15, -0.1) is 0 Å². The lowest BCUT2D eigenvalue weighted by atomic mass is 9.99. The van der Waals surface area contributed by atoms with Crippen LogP contribution >= 0.6 is 11.6 Å². The van der Waals surface area contributed by atoms with Crippen LogP contribution in [0.15, 0.2) is 18.2 Å². The van der Waals surface area contributed by atoms with Gasteiger partial charge in [0.25, 0.3) is 0 Å². The summed E-state index contributed by atoms with van der Waals surface area (Å²) in [6.45, 7) is 3.90. The molecule has 1 aliphatic rings. The van der Waals surface area contributed by atoms with Gasteiger partial charge in [0, 0.05) is 12.6 Å². The van der Waals surface area contributed by atoms with E-state index in [0.717, 1.165) is 50.8 Å². The summed E-state index contributed by atoms with van der Waals surface area (Å²) in [6, 6.07) is 5.14. The fourth-order valence-electron chi connectivity index (χ4n) is 2.70. The lowest BCUT2D eigenvalue weighted by molar-refractivity contribution is 0.0996. The van der Waals surface area contributed by atoms with Crippen LogP contribution in [0.5, 0.6) is 0 Å². The first-order valence-electron chi connectivity index (χ1n) is 7.51. The van der Waals surface area contributed by atoms with E-state index >= 15 is 0 Å². The SMILES string of the molecule is CCCNC(CCC1CCCO1)c1cccc(F)c1Cl. The minimum absolute atomic E-state index is 0.0994. The molecule has 0 amide bonds. The first kappa shape index (κ1) is 15.7. The third-order valence-corrected chi connectivity index (χ3v) is 4.20. The van der Waals surface area contributed by atoms with E-state index in [9.17, 15) is 4.39 Å². The van der Waals surface area contributed by atoms with Gasteiger partial charge >= 0.3 is 0 Å². The molecule has 1 fully saturated rings. The van der Waals surface area contributed by atoms with E-state index in [1.807, 2.05) is 6.07 Å². The molecule has 2 rings (SSSR count). The molecule has 1 saturated heterocycles. The van der Waals surface area contributed by atoms with Gasteiger partial charge in [-0.25, -0.2) is 4.39 Å². The molecule has 4 heteroatoms. The van der Waals surface area contributed by atoms with Gasteiger partial charge in [0.05, 0.1) is 11.1 Å². The van der Waals surface area contributed by atoms with Gasteiger partial charge in [0.15, 0.2) is 0 Å². The van der Waals surface area contributed by atoms with Crippen LogP contribution in [0.1, 0.15) is 50.6 Å². The number of benzene rings is 1. The van der Waals surface area contributed by atoms with Crippen molar-refractivity contribution >= 4 is 11.6 Å². The molecule has 1 N–H and O–H groups in total. The molecule has 112 valence electrons. The monoisotopic (exact) mass is 299 g/mol. The fourth-order valence-corrected chi connectivity index (χ4v) is 2.96. The number of rotatable bonds is 7. The highest BCUT2D eigenvalue weighted by Gasteiger charge is 2.20. The van der Waals surface area contributed by atoms with Crippen LogP contribution in [-0.2, 0) is 4.74 Å². The number of hydrogen-bond acceptors (Lipinski definition) is 2. The van der Waals surface area contributed by atoms with Gasteiger partial charge in [-0.05, 0) is 50.3 Å². The van der Waals surface area contributed by atoms with Gasteiger partial charge < -0.3 is 10.1 Å². The predicted octanol–water partition coefficient (Wildman–Crippen LogP) is 4.48. The standard InChI is InChI=1S/C16H23ClFNO/c1-2-10-19-15(9-8-12-5-4-11-20-12)13-6-3-7-14(18)16(13)17/h3,6-7,12,15,19H,2,4-5,8-11H2,1H3. The lowest BCUT2D eigenvalue weighted by Gasteiger charge is -2.22. The van der Waals surface area contributed by atoms with Crippen molar-refractivity contribution in [2.45, 2.75) is 51.2 Å². The molecule has 0 aliphatic carbocycles. The molecule has 2 unspecified atom stereocenters. The predicted molar refractivity (Wildman–Crippen MR) is 80.7 cm³/mol. The van der Waals surface area contributed by atoms with Crippen LogP contribution in [0.4, 0.5) is 4.39 Å². The Bertz CT molecular complexity index is 421. The molecule has 0 bridgehead atoms. The largest absolute Gasteiger partial charge is 0.378 e. The van der Waals surface area contributed by atoms with Gasteiger partial charge in [0.1, 0.15) is 5.82 Å². The summed E-state index contributed by atoms with van der Waals surface area (Å²) in [6.07, 6.45) is 5.61. The van der Waals surface area contributed by atoms with Crippen molar-refractivity contribution in [2.24, 2.45) is 0 Å². The maximum Gasteiger partial charge on any atom is 0.142 e. The Hall–Kier alpha value is -0.640. The Kier molecular flexibility index (Phi) is 6.27. The topological polar surface area (TPSA) is 21.3 Å². The van der Waals surface area contributed by atoms with Crippen LogP contribution < -0.4 is 5.32 Å². The van der Waals surface area contributed by atoms with Gasteiger partial charge in [0.2, 0.25) is 0 Å². The molecule has 1 aliphatic heterocycles. The molecule has 0 aromatic heterocycles. The summed E-state index contributed by atoms with van der Waals surface area (Å²) in [5.74, 6) is -0.343. The number of halogens is 2. The van der Waals surface area contributed by atoms with Gasteiger partial charge in [-0.2, -0.15) is 0 Å². The summed E-state index contributed by atoms with van der Waals surface area (Å²) in [5, 5.41) is 3.71. The maximum absolute atomic E-state index is 13.6. The summed E-state index contributed by atoms with van der Waals surface area (Å²) in [5.41, 5.74) is 0.859. The molecular formula is C16H23ClFNO. The third kappa shape index (κ3) is 4.18. The fraction of sp³-hybridized carbons (Fsp3) is 0.625. The van der Waals surface area contributed by atoms with Gasteiger partial charge in [-0.3, -0.25) is 0 Å². The smallest absolute Gasteiger partial charge is 0.142 e. The van der Waals surface area contributed by atoms with E-state index in [4.69, 9.17) is 16.3 Å². The molecule has 2 atom stereocenters. The molecule has 1 heterocycles. The molecule has 20 heavy (non-hydrogen) atoms. The highest BCUT2D eigenvalue weighted by molar-refractivity contribution is 6.31. The molecule has 0 spiro atoms. The second-order valence-electron chi connectivity index (χ2n) is 5.36. The zero-order valence-electron chi connectivity index (χ0n) is 12.0. The quantitative estimate of drug-likeness (QED) is 0.801. The zero-order chi connectivity index (χ0) is 14.4. The molecule has 2 nitrogen and oxygen atoms in total. The minimum atomic E-state index is -0.343. The van der Waals surface area contributed by atoms with Crippen LogP contribution in [0.2, 0.25) is 5.02 Å². The normalized spacial score (nSPS) is 20.2. The molecule has 0 saturated carbocycles. The van der Waals surface area contributed by atoms with Crippen LogP contribution in [-0.4, -0.2) is 19.3 Å². The molecule has 0 radical (unpaired) electrons. The average molecular weight is 300 g/mol. The van der Waals surface area contributed by atoms with E-state index in [-0.39, 0.29) is 16.9 Å². The van der Waals surface area contributed by atoms with Crippen LogP contribution in [0, 0.1) is 5.82 Å². The number of ether oxygens (including phenoxy) is 1. The first-order valence-corrected chi connectivity index (χ1v) is 7.89. The van der Waals surface area contributed by atoms with Crippen molar-refractivity contribution in [3.63, 3.8) is 0 Å². The summed E-state index contributed by atoms with van der Waals surface area (Å²) >= 11 is 6.12. The number of hydrogen-bond donors (Lipinski definition) is 1. The first-order chi connectivity index (χ1) is 9.72. The molecular weight excluding hydrogens is 277 g/mol. The highest BCUT2D eigenvalue weighted by atomic mass is 35.5. The Morgan fingerprint density at radius 1 is 1.50 bits per heavy atom. The van der Waals surface area contributed by atoms with Crippen molar-refractivity contribution in [1.29, 1.82) is 0 Å². The van der Waals surface area contributed by atoms with Crippen LogP contribution in [0.3, 0.4) is 0 Å². The van der Waals surface area contributed by atoms with E-state index < -0.39 is 0 Å². The van der Waals surface area contributed by atoms with Crippen LogP contribution in [0.25, 0.3) is 0 Å². The Morgan fingerprint density at radius 2 is 2.35 bits per heavy atom. The molecule has 1 aromatic carbocycles. The third-order valence-electron chi connectivity index (χ3n) is 3.80. The van der Waals surface area contributed by atoms with Crippen molar-refractivity contribution in [3.05, 3.63) is 34.6 Å². The average Bonchev–Trinajstić information content (AvgIpc) is 2.96. The minimum Gasteiger partial charge on any atom is -0.378 e. The van der Waals surface area contributed by atoms with E-state index in [0.29, 0.717) is 6.10 Å².